The van der Waals surface area contributed by atoms with Gasteiger partial charge in [-0.15, -0.1) is 0 Å². The minimum atomic E-state index is -0.755. The van der Waals surface area contributed by atoms with Crippen molar-refractivity contribution >= 4 is 85.1 Å². The second-order valence-corrected chi connectivity index (χ2v) is 13.6. The van der Waals surface area contributed by atoms with E-state index in [9.17, 15) is 9.59 Å². The lowest BCUT2D eigenvalue weighted by Crippen LogP contribution is -2.40. The Bertz CT molecular complexity index is 2030. The van der Waals surface area contributed by atoms with Crippen LogP contribution < -0.4 is 29.1 Å². The highest BCUT2D eigenvalue weighted by molar-refractivity contribution is 14.1. The van der Waals surface area contributed by atoms with Crippen LogP contribution in [0.4, 0.5) is 0 Å². The van der Waals surface area contributed by atoms with E-state index in [-0.39, 0.29) is 18.8 Å². The number of hydrogen-bond donors (Lipinski definition) is 0. The van der Waals surface area contributed by atoms with Gasteiger partial charge in [0.15, 0.2) is 16.3 Å². The highest BCUT2D eigenvalue weighted by Gasteiger charge is 2.33. The third kappa shape index (κ3) is 6.97. The van der Waals surface area contributed by atoms with Gasteiger partial charge >= 0.3 is 5.97 Å². The molecule has 1 aliphatic heterocycles. The van der Waals surface area contributed by atoms with Crippen LogP contribution in [0.3, 0.4) is 0 Å². The average Bonchev–Trinajstić information content (AvgIpc) is 3.30. The number of benzene rings is 3. The fourth-order valence-electron chi connectivity index (χ4n) is 4.86. The van der Waals surface area contributed by atoms with Gasteiger partial charge in [-0.2, -0.15) is 0 Å². The minimum Gasteiger partial charge on any atom is -0.496 e. The first kappa shape index (κ1) is 33.5. The second kappa shape index (κ2) is 14.3. The first-order valence-corrected chi connectivity index (χ1v) is 17.0. The molecule has 4 aromatic rings. The number of ether oxygens (including phenoxy) is 4. The standard InChI is InChI=1S/C32H26BrCl2IN2O6S/c1-5-43-31(40)27-16(2)37-32-38(28(27)18-7-9-24(41-3)21(33)13-18)30(39)26(45-32)12-17-10-23(36)29(25(11-17)42-4)44-15-19-6-8-20(34)14-22(19)35/h6-14,28H,5,15H2,1-4H3/b26-12+/t28-/m1/s1. The third-order valence-corrected chi connectivity index (χ3v) is 9.94. The van der Waals surface area contributed by atoms with Crippen molar-refractivity contribution in [2.24, 2.45) is 4.99 Å². The van der Waals surface area contributed by atoms with E-state index in [0.29, 0.717) is 57.9 Å². The molecule has 45 heavy (non-hydrogen) atoms. The van der Waals surface area contributed by atoms with Crippen molar-refractivity contribution in [3.8, 4) is 17.2 Å². The van der Waals surface area contributed by atoms with Gasteiger partial charge in [0, 0.05) is 15.6 Å². The molecule has 2 heterocycles. The smallest absolute Gasteiger partial charge is 0.338 e. The molecule has 1 atom stereocenters. The van der Waals surface area contributed by atoms with Crippen molar-refractivity contribution in [2.45, 2.75) is 26.5 Å². The molecule has 0 aliphatic carbocycles. The summed E-state index contributed by atoms with van der Waals surface area (Å²) in [6, 6.07) is 13.6. The normalized spacial score (nSPS) is 14.6. The quantitative estimate of drug-likeness (QED) is 0.133. The van der Waals surface area contributed by atoms with Gasteiger partial charge in [-0.25, -0.2) is 9.79 Å². The summed E-state index contributed by atoms with van der Waals surface area (Å²) < 4.78 is 26.0. The highest BCUT2D eigenvalue weighted by Crippen LogP contribution is 2.37. The molecule has 5 rings (SSSR count). The van der Waals surface area contributed by atoms with Gasteiger partial charge in [0.25, 0.3) is 5.56 Å². The Morgan fingerprint density at radius 2 is 1.87 bits per heavy atom. The topological polar surface area (TPSA) is 88.4 Å². The number of rotatable bonds is 9. The van der Waals surface area contributed by atoms with Gasteiger partial charge in [-0.3, -0.25) is 9.36 Å². The van der Waals surface area contributed by atoms with E-state index in [2.05, 4.69) is 43.5 Å². The van der Waals surface area contributed by atoms with Gasteiger partial charge in [-0.1, -0.05) is 46.7 Å². The van der Waals surface area contributed by atoms with Crippen LogP contribution in [0.2, 0.25) is 10.0 Å². The SMILES string of the molecule is CCOC(=O)C1=C(C)N=c2s/c(=C/c3cc(I)c(OCc4ccc(Cl)cc4Cl)c(OC)c3)c(=O)n2[C@@H]1c1ccc(OC)c(Br)c1. The Morgan fingerprint density at radius 1 is 1.11 bits per heavy atom. The van der Waals surface area contributed by atoms with Crippen LogP contribution in [0.1, 0.15) is 36.6 Å². The van der Waals surface area contributed by atoms with E-state index in [1.54, 1.807) is 63.0 Å². The molecule has 3 aromatic carbocycles. The molecule has 1 aliphatic rings. The maximum Gasteiger partial charge on any atom is 0.338 e. The summed E-state index contributed by atoms with van der Waals surface area (Å²) in [4.78, 5) is 32.4. The molecule has 0 saturated heterocycles. The fraction of sp³-hybridized carbons (Fsp3) is 0.219. The first-order valence-electron chi connectivity index (χ1n) is 13.5. The molecule has 0 spiro atoms. The summed E-state index contributed by atoms with van der Waals surface area (Å²) in [7, 11) is 3.12. The number of allylic oxidation sites excluding steroid dienone is 1. The summed E-state index contributed by atoms with van der Waals surface area (Å²) in [6.45, 7) is 3.88. The number of thiazole rings is 1. The summed E-state index contributed by atoms with van der Waals surface area (Å²) >= 11 is 19.3. The molecule has 8 nitrogen and oxygen atoms in total. The van der Waals surface area contributed by atoms with Crippen molar-refractivity contribution in [2.75, 3.05) is 20.8 Å². The van der Waals surface area contributed by atoms with Crippen LogP contribution in [0, 0.1) is 3.57 Å². The number of aromatic nitrogens is 1. The molecule has 0 bridgehead atoms. The zero-order valence-corrected chi connectivity index (χ0v) is 30.5. The van der Waals surface area contributed by atoms with Gasteiger partial charge in [0.1, 0.15) is 12.4 Å². The van der Waals surface area contributed by atoms with Crippen molar-refractivity contribution in [1.82, 2.24) is 4.57 Å². The molecule has 234 valence electrons. The van der Waals surface area contributed by atoms with Crippen LogP contribution >= 0.6 is 73.1 Å². The van der Waals surface area contributed by atoms with Crippen LogP contribution in [-0.4, -0.2) is 31.4 Å². The zero-order chi connectivity index (χ0) is 32.4. The number of esters is 1. The lowest BCUT2D eigenvalue weighted by Gasteiger charge is -2.25. The number of hydrogen-bond acceptors (Lipinski definition) is 8. The van der Waals surface area contributed by atoms with E-state index in [0.717, 1.165) is 14.7 Å². The predicted molar refractivity (Wildman–Crippen MR) is 188 cm³/mol. The molecule has 0 radical (unpaired) electrons. The molecular weight excluding hydrogens is 818 g/mol. The lowest BCUT2D eigenvalue weighted by atomic mass is 9.96. The van der Waals surface area contributed by atoms with Crippen LogP contribution in [0.25, 0.3) is 6.08 Å². The van der Waals surface area contributed by atoms with Gasteiger partial charge in [-0.05, 0) is 106 Å². The predicted octanol–water partition coefficient (Wildman–Crippen LogP) is 7.07. The summed E-state index contributed by atoms with van der Waals surface area (Å²) in [5.41, 5.74) is 2.69. The van der Waals surface area contributed by atoms with E-state index < -0.39 is 12.0 Å². The van der Waals surface area contributed by atoms with Crippen molar-refractivity contribution in [3.63, 3.8) is 0 Å². The van der Waals surface area contributed by atoms with E-state index in [1.165, 1.54) is 11.3 Å². The van der Waals surface area contributed by atoms with E-state index in [1.807, 2.05) is 24.3 Å². The van der Waals surface area contributed by atoms with Gasteiger partial charge in [0.2, 0.25) is 0 Å². The molecule has 0 saturated carbocycles. The number of fused-ring (bicyclic) bond motifs is 1. The molecule has 0 amide bonds. The van der Waals surface area contributed by atoms with Crippen molar-refractivity contribution in [1.29, 1.82) is 0 Å². The maximum absolute atomic E-state index is 14.1. The Hall–Kier alpha value is -2.84. The molecule has 1 aromatic heterocycles. The fourth-order valence-corrected chi connectivity index (χ4v) is 7.71. The van der Waals surface area contributed by atoms with Crippen molar-refractivity contribution in [3.05, 3.63) is 114 Å². The Balaban J connectivity index is 1.58. The number of nitrogens with zero attached hydrogens (tertiary/aromatic N) is 2. The average molecular weight is 844 g/mol. The molecule has 13 heteroatoms. The van der Waals surface area contributed by atoms with Crippen LogP contribution in [0.15, 0.2) is 74.1 Å². The Morgan fingerprint density at radius 3 is 2.53 bits per heavy atom. The summed E-state index contributed by atoms with van der Waals surface area (Å²) in [6.07, 6.45) is 1.78. The summed E-state index contributed by atoms with van der Waals surface area (Å²) in [5.74, 6) is 1.13. The van der Waals surface area contributed by atoms with Crippen LogP contribution in [-0.2, 0) is 16.1 Å². The monoisotopic (exact) mass is 842 g/mol. The van der Waals surface area contributed by atoms with Gasteiger partial charge < -0.3 is 18.9 Å². The largest absolute Gasteiger partial charge is 0.496 e. The molecular formula is C32H26BrCl2IN2O6S. The van der Waals surface area contributed by atoms with E-state index in [4.69, 9.17) is 42.1 Å². The van der Waals surface area contributed by atoms with Crippen molar-refractivity contribution < 1.29 is 23.7 Å². The van der Waals surface area contributed by atoms with Gasteiger partial charge in [0.05, 0.1) is 50.7 Å². The Labute approximate surface area is 295 Å². The number of carbonyl (C=O) groups is 1. The summed E-state index contributed by atoms with van der Waals surface area (Å²) in [5, 5.41) is 1.05. The number of halogens is 4. The molecule has 0 unspecified atom stereocenters. The number of methoxy groups -OCH3 is 2. The maximum atomic E-state index is 14.1. The molecule has 0 fully saturated rings. The minimum absolute atomic E-state index is 0.186. The zero-order valence-electron chi connectivity index (χ0n) is 24.5. The molecule has 0 N–H and O–H groups in total. The van der Waals surface area contributed by atoms with Crippen LogP contribution in [0.5, 0.6) is 17.2 Å². The number of carbonyl (C=O) groups excluding carboxylic acids is 1. The highest BCUT2D eigenvalue weighted by atomic mass is 127. The first-order chi connectivity index (χ1) is 21.6. The second-order valence-electron chi connectivity index (χ2n) is 9.75. The van der Waals surface area contributed by atoms with E-state index >= 15 is 0 Å². The third-order valence-electron chi connectivity index (χ3n) is 6.95. The lowest BCUT2D eigenvalue weighted by molar-refractivity contribution is -0.139. The Kier molecular flexibility index (Phi) is 10.6.